The number of nitrogens with one attached hydrogen (secondary N) is 1. The summed E-state index contributed by atoms with van der Waals surface area (Å²) in [4.78, 5) is 0. The molecule has 20 heavy (non-hydrogen) atoms. The first-order valence-corrected chi connectivity index (χ1v) is 7.76. The van der Waals surface area contributed by atoms with Crippen molar-refractivity contribution >= 4 is 23.2 Å². The number of halogens is 2. The highest BCUT2D eigenvalue weighted by atomic mass is 35.5. The molecule has 102 valence electrons. The van der Waals surface area contributed by atoms with Crippen molar-refractivity contribution in [3.8, 4) is 0 Å². The Labute approximate surface area is 128 Å². The normalized spacial score (nSPS) is 27.4. The first-order valence-electron chi connectivity index (χ1n) is 7.00. The highest BCUT2D eigenvalue weighted by molar-refractivity contribution is 6.42. The van der Waals surface area contributed by atoms with E-state index in [1.807, 2.05) is 12.1 Å². The lowest BCUT2D eigenvalue weighted by atomic mass is 9.84. The van der Waals surface area contributed by atoms with Gasteiger partial charge in [-0.2, -0.15) is 0 Å². The zero-order chi connectivity index (χ0) is 13.7. The van der Waals surface area contributed by atoms with Gasteiger partial charge in [-0.15, -0.1) is 0 Å². The van der Waals surface area contributed by atoms with Crippen LogP contribution < -0.4 is 5.32 Å². The van der Waals surface area contributed by atoms with Crippen molar-refractivity contribution in [2.24, 2.45) is 0 Å². The van der Waals surface area contributed by atoms with E-state index in [1.165, 1.54) is 16.7 Å². The van der Waals surface area contributed by atoms with Crippen LogP contribution in [0.2, 0.25) is 10.0 Å². The molecule has 0 saturated carbocycles. The van der Waals surface area contributed by atoms with E-state index >= 15 is 0 Å². The molecule has 1 aliphatic carbocycles. The van der Waals surface area contributed by atoms with Crippen LogP contribution in [0, 0.1) is 0 Å². The summed E-state index contributed by atoms with van der Waals surface area (Å²) in [5, 5.41) is 4.95. The molecule has 0 aromatic heterocycles. The lowest BCUT2D eigenvalue weighted by Crippen LogP contribution is -2.23. The lowest BCUT2D eigenvalue weighted by Gasteiger charge is -2.20. The smallest absolute Gasteiger partial charge is 0.0595 e. The molecule has 2 aromatic carbocycles. The first-order chi connectivity index (χ1) is 9.74. The second-order valence-corrected chi connectivity index (χ2v) is 6.54. The predicted molar refractivity (Wildman–Crippen MR) is 83.9 cm³/mol. The van der Waals surface area contributed by atoms with E-state index in [9.17, 15) is 0 Å². The fourth-order valence-electron chi connectivity index (χ4n) is 3.80. The molecule has 1 saturated heterocycles. The standard InChI is InChI=1S/C17H15Cl2N/c18-14-6-5-11(7-15(14)19)13-9-20-16-8-10-3-1-2-4-12(10)17(13)16/h1-7,13,16-17,20H,8-9H2/t13-,16+,17+/m1/s1. The minimum Gasteiger partial charge on any atom is -0.312 e. The summed E-state index contributed by atoms with van der Waals surface area (Å²) in [5.74, 6) is 1.04. The first kappa shape index (κ1) is 12.7. The van der Waals surface area contributed by atoms with Crippen LogP contribution in [0.15, 0.2) is 42.5 Å². The zero-order valence-corrected chi connectivity index (χ0v) is 12.5. The molecule has 0 bridgehead atoms. The van der Waals surface area contributed by atoms with Crippen LogP contribution in [0.1, 0.15) is 28.5 Å². The number of rotatable bonds is 1. The number of hydrogen-bond donors (Lipinski definition) is 1. The van der Waals surface area contributed by atoms with Crippen LogP contribution in [0.4, 0.5) is 0 Å². The van der Waals surface area contributed by atoms with Crippen LogP contribution in [0.25, 0.3) is 0 Å². The second kappa shape index (κ2) is 4.77. The molecule has 0 spiro atoms. The van der Waals surface area contributed by atoms with Crippen molar-refractivity contribution < 1.29 is 0 Å². The molecule has 1 fully saturated rings. The van der Waals surface area contributed by atoms with E-state index < -0.39 is 0 Å². The van der Waals surface area contributed by atoms with Crippen LogP contribution in [-0.4, -0.2) is 12.6 Å². The summed E-state index contributed by atoms with van der Waals surface area (Å²) in [6, 6.07) is 15.4. The molecule has 3 heteroatoms. The van der Waals surface area contributed by atoms with Gasteiger partial charge in [0.2, 0.25) is 0 Å². The van der Waals surface area contributed by atoms with Gasteiger partial charge in [0.15, 0.2) is 0 Å². The van der Waals surface area contributed by atoms with Crippen LogP contribution in [0.3, 0.4) is 0 Å². The number of hydrogen-bond acceptors (Lipinski definition) is 1. The van der Waals surface area contributed by atoms with Gasteiger partial charge < -0.3 is 5.32 Å². The number of fused-ring (bicyclic) bond motifs is 3. The van der Waals surface area contributed by atoms with E-state index in [-0.39, 0.29) is 0 Å². The Hall–Kier alpha value is -1.02. The summed E-state index contributed by atoms with van der Waals surface area (Å²) in [7, 11) is 0. The van der Waals surface area contributed by atoms with E-state index in [1.54, 1.807) is 0 Å². The molecular weight excluding hydrogens is 289 g/mol. The van der Waals surface area contributed by atoms with Crippen molar-refractivity contribution in [2.45, 2.75) is 24.3 Å². The molecule has 1 heterocycles. The number of benzene rings is 2. The molecule has 1 nitrogen and oxygen atoms in total. The van der Waals surface area contributed by atoms with Gasteiger partial charge >= 0.3 is 0 Å². The third-order valence-corrected chi connectivity index (χ3v) is 5.43. The van der Waals surface area contributed by atoms with Crippen molar-refractivity contribution in [2.75, 3.05) is 6.54 Å². The van der Waals surface area contributed by atoms with Crippen LogP contribution >= 0.6 is 23.2 Å². The third kappa shape index (κ3) is 1.88. The summed E-state index contributed by atoms with van der Waals surface area (Å²) in [5.41, 5.74) is 4.27. The molecule has 2 aromatic rings. The Morgan fingerprint density at radius 3 is 2.70 bits per heavy atom. The van der Waals surface area contributed by atoms with E-state index in [0.717, 1.165) is 13.0 Å². The molecular formula is C17H15Cl2N. The minimum absolute atomic E-state index is 0.485. The molecule has 4 rings (SSSR count). The van der Waals surface area contributed by atoms with E-state index in [2.05, 4.69) is 35.6 Å². The van der Waals surface area contributed by atoms with Gasteiger partial charge in [-0.1, -0.05) is 53.5 Å². The Morgan fingerprint density at radius 1 is 1.00 bits per heavy atom. The van der Waals surface area contributed by atoms with Crippen LogP contribution in [0.5, 0.6) is 0 Å². The quantitative estimate of drug-likeness (QED) is 0.824. The van der Waals surface area contributed by atoms with E-state index in [0.29, 0.717) is 27.9 Å². The van der Waals surface area contributed by atoms with Gasteiger partial charge in [0.25, 0.3) is 0 Å². The van der Waals surface area contributed by atoms with Crippen LogP contribution in [-0.2, 0) is 6.42 Å². The summed E-state index contributed by atoms with van der Waals surface area (Å²) >= 11 is 12.2. The fourth-order valence-corrected chi connectivity index (χ4v) is 4.10. The lowest BCUT2D eigenvalue weighted by molar-refractivity contribution is 0.571. The molecule has 2 aliphatic rings. The SMILES string of the molecule is Clc1ccc([C@H]2CN[C@H]3Cc4ccccc4[C@H]32)cc1Cl. The van der Waals surface area contributed by atoms with Gasteiger partial charge in [0.05, 0.1) is 10.0 Å². The summed E-state index contributed by atoms with van der Waals surface area (Å²) in [6.07, 6.45) is 1.14. The van der Waals surface area contributed by atoms with Gasteiger partial charge in [-0.25, -0.2) is 0 Å². The largest absolute Gasteiger partial charge is 0.312 e. The molecule has 1 aliphatic heterocycles. The molecule has 0 amide bonds. The topological polar surface area (TPSA) is 12.0 Å². The maximum absolute atomic E-state index is 6.18. The average Bonchev–Trinajstić information content (AvgIpc) is 3.00. The highest BCUT2D eigenvalue weighted by Crippen LogP contribution is 2.46. The Kier molecular flexibility index (Phi) is 3.03. The molecule has 0 radical (unpaired) electrons. The maximum atomic E-state index is 6.18. The average molecular weight is 304 g/mol. The maximum Gasteiger partial charge on any atom is 0.0595 e. The summed E-state index contributed by atoms with van der Waals surface area (Å²) < 4.78 is 0. The Morgan fingerprint density at radius 2 is 1.85 bits per heavy atom. The van der Waals surface area contributed by atoms with Gasteiger partial charge in [0, 0.05) is 24.4 Å². The summed E-state index contributed by atoms with van der Waals surface area (Å²) in [6.45, 7) is 1.02. The molecule has 0 unspecified atom stereocenters. The minimum atomic E-state index is 0.485. The predicted octanol–water partition coefficient (Wildman–Crippen LogP) is 4.39. The van der Waals surface area contributed by atoms with Crippen molar-refractivity contribution in [3.63, 3.8) is 0 Å². The fraction of sp³-hybridized carbons (Fsp3) is 0.294. The zero-order valence-electron chi connectivity index (χ0n) is 10.9. The van der Waals surface area contributed by atoms with Crippen molar-refractivity contribution in [1.82, 2.24) is 5.32 Å². The second-order valence-electron chi connectivity index (χ2n) is 5.72. The van der Waals surface area contributed by atoms with Gasteiger partial charge in [-0.3, -0.25) is 0 Å². The molecule has 1 N–H and O–H groups in total. The van der Waals surface area contributed by atoms with E-state index in [4.69, 9.17) is 23.2 Å². The Balaban J connectivity index is 1.75. The Bertz CT molecular complexity index is 668. The monoisotopic (exact) mass is 303 g/mol. The van der Waals surface area contributed by atoms with Crippen molar-refractivity contribution in [3.05, 3.63) is 69.2 Å². The molecule has 3 atom stereocenters. The highest BCUT2D eigenvalue weighted by Gasteiger charge is 2.42. The van der Waals surface area contributed by atoms with Gasteiger partial charge in [-0.05, 0) is 35.2 Å². The van der Waals surface area contributed by atoms with Gasteiger partial charge in [0.1, 0.15) is 0 Å². The van der Waals surface area contributed by atoms with Crippen molar-refractivity contribution in [1.29, 1.82) is 0 Å². The third-order valence-electron chi connectivity index (χ3n) is 4.69.